The van der Waals surface area contributed by atoms with Crippen molar-refractivity contribution in [3.63, 3.8) is 0 Å². The van der Waals surface area contributed by atoms with Gasteiger partial charge in [0.15, 0.2) is 0 Å². The van der Waals surface area contributed by atoms with Crippen LogP contribution in [0.3, 0.4) is 0 Å². The van der Waals surface area contributed by atoms with Gasteiger partial charge in [-0.2, -0.15) is 0 Å². The van der Waals surface area contributed by atoms with Crippen molar-refractivity contribution in [3.8, 4) is 0 Å². The molecular weight excluding hydrogens is 182 g/mol. The Hall–Kier alpha value is -1.62. The van der Waals surface area contributed by atoms with Crippen molar-refractivity contribution in [1.82, 2.24) is 10.3 Å². The third kappa shape index (κ3) is 2.70. The smallest absolute Gasteiger partial charge is 0.255 e. The molecule has 1 rings (SSSR count). The predicted molar refractivity (Wildman–Crippen MR) is 52.7 cm³/mol. The van der Waals surface area contributed by atoms with Gasteiger partial charge >= 0.3 is 0 Å². The largest absolute Gasteiger partial charge is 0.392 e. The van der Waals surface area contributed by atoms with Gasteiger partial charge in [-0.05, 0) is 19.1 Å². The van der Waals surface area contributed by atoms with Crippen molar-refractivity contribution in [1.29, 1.82) is 0 Å². The van der Waals surface area contributed by atoms with Crippen molar-refractivity contribution >= 4 is 11.7 Å². The van der Waals surface area contributed by atoms with Crippen LogP contribution in [0.5, 0.6) is 0 Å². The van der Waals surface area contributed by atoms with Crippen LogP contribution in [0.15, 0.2) is 18.3 Å². The zero-order valence-corrected chi connectivity index (χ0v) is 7.90. The molecule has 76 valence electrons. The number of amides is 1. The maximum atomic E-state index is 11.4. The Labute approximate surface area is 82.0 Å². The molecule has 14 heavy (non-hydrogen) atoms. The lowest BCUT2D eigenvalue weighted by Crippen LogP contribution is -2.31. The van der Waals surface area contributed by atoms with Gasteiger partial charge in [0.25, 0.3) is 5.91 Å². The van der Waals surface area contributed by atoms with Crippen molar-refractivity contribution in [2.24, 2.45) is 0 Å². The van der Waals surface area contributed by atoms with Crippen molar-refractivity contribution in [2.45, 2.75) is 13.0 Å². The molecule has 5 nitrogen and oxygen atoms in total. The molecule has 1 aromatic heterocycles. The molecule has 0 aliphatic carbocycles. The highest BCUT2D eigenvalue weighted by molar-refractivity contribution is 5.98. The molecular formula is C9H13N3O2. The molecule has 0 spiro atoms. The van der Waals surface area contributed by atoms with Crippen LogP contribution in [0.25, 0.3) is 0 Å². The van der Waals surface area contributed by atoms with Crippen LogP contribution in [0.4, 0.5) is 5.82 Å². The van der Waals surface area contributed by atoms with Gasteiger partial charge in [0.05, 0.1) is 11.7 Å². The van der Waals surface area contributed by atoms with E-state index in [1.807, 2.05) is 0 Å². The van der Waals surface area contributed by atoms with Crippen LogP contribution in [0, 0.1) is 0 Å². The molecule has 0 saturated heterocycles. The van der Waals surface area contributed by atoms with Crippen LogP contribution >= 0.6 is 0 Å². The molecule has 5 heteroatoms. The first kappa shape index (κ1) is 10.5. The Kier molecular flexibility index (Phi) is 3.41. The summed E-state index contributed by atoms with van der Waals surface area (Å²) < 4.78 is 0. The number of nitrogen functional groups attached to an aromatic ring is 1. The van der Waals surface area contributed by atoms with Gasteiger partial charge < -0.3 is 16.2 Å². The Morgan fingerprint density at radius 1 is 1.79 bits per heavy atom. The van der Waals surface area contributed by atoms with Crippen LogP contribution in [-0.2, 0) is 0 Å². The average molecular weight is 195 g/mol. The highest BCUT2D eigenvalue weighted by Crippen LogP contribution is 2.05. The number of aliphatic hydroxyl groups is 1. The second-order valence-corrected chi connectivity index (χ2v) is 3.00. The SMILES string of the molecule is C[C@H](O)CNC(=O)c1cccnc1N. The normalized spacial score (nSPS) is 12.1. The van der Waals surface area contributed by atoms with Crippen LogP contribution < -0.4 is 11.1 Å². The number of hydrogen-bond donors (Lipinski definition) is 3. The molecule has 4 N–H and O–H groups in total. The van der Waals surface area contributed by atoms with Gasteiger partial charge in [0.2, 0.25) is 0 Å². The molecule has 1 atom stereocenters. The van der Waals surface area contributed by atoms with Gasteiger partial charge in [0, 0.05) is 12.7 Å². The van der Waals surface area contributed by atoms with Gasteiger partial charge in [-0.3, -0.25) is 4.79 Å². The first-order valence-corrected chi connectivity index (χ1v) is 4.28. The molecule has 0 saturated carbocycles. The molecule has 0 radical (unpaired) electrons. The summed E-state index contributed by atoms with van der Waals surface area (Å²) in [6, 6.07) is 3.22. The average Bonchev–Trinajstić information content (AvgIpc) is 2.15. The summed E-state index contributed by atoms with van der Waals surface area (Å²) in [5.74, 6) is -0.132. The van der Waals surface area contributed by atoms with Crippen LogP contribution in [0.2, 0.25) is 0 Å². The Bertz CT molecular complexity index is 326. The van der Waals surface area contributed by atoms with E-state index in [1.54, 1.807) is 19.1 Å². The van der Waals surface area contributed by atoms with E-state index >= 15 is 0 Å². The van der Waals surface area contributed by atoms with E-state index in [-0.39, 0.29) is 18.3 Å². The second-order valence-electron chi connectivity index (χ2n) is 3.00. The summed E-state index contributed by atoms with van der Waals surface area (Å²) >= 11 is 0. The molecule has 0 bridgehead atoms. The van der Waals surface area contributed by atoms with Gasteiger partial charge in [-0.1, -0.05) is 0 Å². The number of pyridine rings is 1. The summed E-state index contributed by atoms with van der Waals surface area (Å²) in [6.45, 7) is 1.79. The van der Waals surface area contributed by atoms with E-state index in [0.29, 0.717) is 5.56 Å². The quantitative estimate of drug-likeness (QED) is 0.622. The summed E-state index contributed by atoms with van der Waals surface area (Å²) in [5, 5.41) is 11.5. The monoisotopic (exact) mass is 195 g/mol. The second kappa shape index (κ2) is 4.57. The molecule has 0 aliphatic rings. The fourth-order valence-corrected chi connectivity index (χ4v) is 0.945. The van der Waals surface area contributed by atoms with Gasteiger partial charge in [-0.25, -0.2) is 4.98 Å². The number of nitrogens with one attached hydrogen (secondary N) is 1. The van der Waals surface area contributed by atoms with E-state index in [2.05, 4.69) is 10.3 Å². The number of nitrogens with zero attached hydrogens (tertiary/aromatic N) is 1. The molecule has 0 unspecified atom stereocenters. The number of hydrogen-bond acceptors (Lipinski definition) is 4. The first-order chi connectivity index (χ1) is 6.61. The van der Waals surface area contributed by atoms with Crippen LogP contribution in [0.1, 0.15) is 17.3 Å². The minimum atomic E-state index is -0.572. The minimum Gasteiger partial charge on any atom is -0.392 e. The number of carbonyl (C=O) groups is 1. The first-order valence-electron chi connectivity index (χ1n) is 4.28. The van der Waals surface area contributed by atoms with Gasteiger partial charge in [0.1, 0.15) is 5.82 Å². The van der Waals surface area contributed by atoms with E-state index in [4.69, 9.17) is 10.8 Å². The molecule has 0 fully saturated rings. The zero-order valence-electron chi connectivity index (χ0n) is 7.90. The summed E-state index contributed by atoms with van der Waals surface area (Å²) in [4.78, 5) is 15.2. The highest BCUT2D eigenvalue weighted by Gasteiger charge is 2.09. The maximum Gasteiger partial charge on any atom is 0.255 e. The van der Waals surface area contributed by atoms with Crippen molar-refractivity contribution < 1.29 is 9.90 Å². The molecule has 0 aliphatic heterocycles. The van der Waals surface area contributed by atoms with Crippen molar-refractivity contribution in [3.05, 3.63) is 23.9 Å². The highest BCUT2D eigenvalue weighted by atomic mass is 16.3. The maximum absolute atomic E-state index is 11.4. The summed E-state index contributed by atoms with van der Waals surface area (Å²) in [5.41, 5.74) is 5.82. The molecule has 1 heterocycles. The molecule has 1 aromatic rings. The number of aromatic nitrogens is 1. The number of aliphatic hydroxyl groups excluding tert-OH is 1. The Morgan fingerprint density at radius 3 is 3.07 bits per heavy atom. The van der Waals surface area contributed by atoms with Crippen molar-refractivity contribution in [2.75, 3.05) is 12.3 Å². The molecule has 0 aromatic carbocycles. The van der Waals surface area contributed by atoms with Crippen LogP contribution in [-0.4, -0.2) is 28.6 Å². The lowest BCUT2D eigenvalue weighted by molar-refractivity contribution is 0.0924. The third-order valence-corrected chi connectivity index (χ3v) is 1.64. The minimum absolute atomic E-state index is 0.190. The lowest BCUT2D eigenvalue weighted by atomic mass is 10.2. The van der Waals surface area contributed by atoms with E-state index < -0.39 is 6.10 Å². The number of carbonyl (C=O) groups excluding carboxylic acids is 1. The Morgan fingerprint density at radius 2 is 2.50 bits per heavy atom. The number of rotatable bonds is 3. The topological polar surface area (TPSA) is 88.2 Å². The van der Waals surface area contributed by atoms with Gasteiger partial charge in [-0.15, -0.1) is 0 Å². The van der Waals surface area contributed by atoms with E-state index in [0.717, 1.165) is 0 Å². The standard InChI is InChI=1S/C9H13N3O2/c1-6(13)5-12-9(14)7-3-2-4-11-8(7)10/h2-4,6,13H,5H2,1H3,(H2,10,11)(H,12,14)/t6-/m0/s1. The molecule has 1 amide bonds. The summed E-state index contributed by atoms with van der Waals surface area (Å²) in [7, 11) is 0. The Balaban J connectivity index is 2.65. The fraction of sp³-hybridized carbons (Fsp3) is 0.333. The predicted octanol–water partition coefficient (Wildman–Crippen LogP) is -0.226. The number of nitrogens with two attached hydrogens (primary N) is 1. The zero-order chi connectivity index (χ0) is 10.6. The van der Waals surface area contributed by atoms with E-state index in [1.165, 1.54) is 6.20 Å². The lowest BCUT2D eigenvalue weighted by Gasteiger charge is -2.07. The van der Waals surface area contributed by atoms with E-state index in [9.17, 15) is 4.79 Å². The fourth-order valence-electron chi connectivity index (χ4n) is 0.945. The third-order valence-electron chi connectivity index (χ3n) is 1.64. The summed E-state index contributed by atoms with van der Waals surface area (Å²) in [6.07, 6.45) is 0.942. The number of anilines is 1.